The standard InChI is InChI=1S/C21H20N2O5S/c1-16-12-14-18(15-13-16)29(25,26)23(22-17-8-4-3-5-9-17)21(24)28-20-11-7-6-10-19(20)27-2/h3-15,22H,1-2H3. The molecule has 0 heterocycles. The van der Waals surface area contributed by atoms with Gasteiger partial charge in [0, 0.05) is 0 Å². The second kappa shape index (κ2) is 8.66. The van der Waals surface area contributed by atoms with Crippen molar-refractivity contribution >= 4 is 21.8 Å². The summed E-state index contributed by atoms with van der Waals surface area (Å²) < 4.78 is 37.3. The molecule has 3 rings (SSSR count). The average Bonchev–Trinajstić information content (AvgIpc) is 2.73. The summed E-state index contributed by atoms with van der Waals surface area (Å²) in [6, 6.07) is 21.1. The Morgan fingerprint density at radius 2 is 1.45 bits per heavy atom. The number of nitrogens with zero attached hydrogens (tertiary/aromatic N) is 1. The van der Waals surface area contributed by atoms with Gasteiger partial charge in [0.2, 0.25) is 0 Å². The van der Waals surface area contributed by atoms with Crippen LogP contribution in [0, 0.1) is 6.92 Å². The third kappa shape index (κ3) is 4.67. The van der Waals surface area contributed by atoms with Crippen molar-refractivity contribution in [3.05, 3.63) is 84.4 Å². The summed E-state index contributed by atoms with van der Waals surface area (Å²) in [5.41, 5.74) is 3.91. The molecule has 0 saturated carbocycles. The number of carbonyl (C=O) groups is 1. The number of anilines is 1. The van der Waals surface area contributed by atoms with Gasteiger partial charge in [-0.15, -0.1) is 4.41 Å². The number of hydrazine groups is 1. The van der Waals surface area contributed by atoms with E-state index in [1.165, 1.54) is 25.3 Å². The van der Waals surface area contributed by atoms with Crippen LogP contribution >= 0.6 is 0 Å². The summed E-state index contributed by atoms with van der Waals surface area (Å²) in [6.07, 6.45) is -1.13. The minimum atomic E-state index is -4.25. The highest BCUT2D eigenvalue weighted by molar-refractivity contribution is 7.89. The first-order valence-corrected chi connectivity index (χ1v) is 10.1. The number of sulfonamides is 1. The quantitative estimate of drug-likeness (QED) is 0.610. The number of amides is 1. The van der Waals surface area contributed by atoms with Crippen LogP contribution in [0.1, 0.15) is 5.56 Å². The summed E-state index contributed by atoms with van der Waals surface area (Å²) in [5, 5.41) is 0. The molecule has 29 heavy (non-hydrogen) atoms. The third-order valence-electron chi connectivity index (χ3n) is 4.00. The highest BCUT2D eigenvalue weighted by atomic mass is 32.2. The molecule has 0 aliphatic heterocycles. The lowest BCUT2D eigenvalue weighted by Crippen LogP contribution is -2.43. The Hall–Kier alpha value is -3.52. The minimum absolute atomic E-state index is 0.0523. The number of methoxy groups -OCH3 is 1. The summed E-state index contributed by atoms with van der Waals surface area (Å²) >= 11 is 0. The zero-order valence-corrected chi connectivity index (χ0v) is 16.7. The topological polar surface area (TPSA) is 84.9 Å². The fraction of sp³-hybridized carbons (Fsp3) is 0.0952. The number of rotatable bonds is 6. The van der Waals surface area contributed by atoms with Gasteiger partial charge in [-0.1, -0.05) is 48.0 Å². The van der Waals surface area contributed by atoms with Crippen LogP contribution in [0.2, 0.25) is 0 Å². The molecule has 150 valence electrons. The summed E-state index contributed by atoms with van der Waals surface area (Å²) in [4.78, 5) is 12.8. The van der Waals surface area contributed by atoms with Crippen LogP contribution in [-0.2, 0) is 10.0 Å². The van der Waals surface area contributed by atoms with E-state index >= 15 is 0 Å². The van der Waals surface area contributed by atoms with Crippen molar-refractivity contribution in [2.75, 3.05) is 12.5 Å². The van der Waals surface area contributed by atoms with Gasteiger partial charge in [-0.05, 0) is 43.3 Å². The molecule has 0 fully saturated rings. The summed E-state index contributed by atoms with van der Waals surface area (Å²) in [5.74, 6) is 0.396. The summed E-state index contributed by atoms with van der Waals surface area (Å²) in [6.45, 7) is 1.84. The van der Waals surface area contributed by atoms with E-state index in [9.17, 15) is 13.2 Å². The molecule has 1 amide bonds. The molecule has 3 aromatic carbocycles. The Labute approximate surface area is 169 Å². The molecular weight excluding hydrogens is 392 g/mol. The number of carbonyl (C=O) groups excluding carboxylic acids is 1. The number of hydrogen-bond acceptors (Lipinski definition) is 6. The van der Waals surface area contributed by atoms with Gasteiger partial charge in [0.25, 0.3) is 10.0 Å². The molecule has 7 nitrogen and oxygen atoms in total. The minimum Gasteiger partial charge on any atom is -0.493 e. The lowest BCUT2D eigenvalue weighted by molar-refractivity contribution is 0.182. The predicted molar refractivity (Wildman–Crippen MR) is 109 cm³/mol. The molecule has 0 aromatic heterocycles. The molecule has 0 radical (unpaired) electrons. The third-order valence-corrected chi connectivity index (χ3v) is 5.58. The molecule has 0 unspecified atom stereocenters. The first-order chi connectivity index (χ1) is 13.9. The van der Waals surface area contributed by atoms with Crippen molar-refractivity contribution in [2.24, 2.45) is 0 Å². The number of ether oxygens (including phenoxy) is 2. The van der Waals surface area contributed by atoms with E-state index in [2.05, 4.69) is 5.43 Å². The monoisotopic (exact) mass is 412 g/mol. The molecule has 0 saturated heterocycles. The Morgan fingerprint density at radius 3 is 2.07 bits per heavy atom. The maximum absolute atomic E-state index is 13.2. The number of nitrogens with one attached hydrogen (secondary N) is 1. The lowest BCUT2D eigenvalue weighted by atomic mass is 10.2. The Morgan fingerprint density at radius 1 is 0.862 bits per heavy atom. The van der Waals surface area contributed by atoms with E-state index < -0.39 is 16.1 Å². The van der Waals surface area contributed by atoms with E-state index in [-0.39, 0.29) is 10.6 Å². The van der Waals surface area contributed by atoms with E-state index in [4.69, 9.17) is 9.47 Å². The van der Waals surface area contributed by atoms with Gasteiger partial charge in [-0.25, -0.2) is 4.79 Å². The second-order valence-electron chi connectivity index (χ2n) is 6.08. The van der Waals surface area contributed by atoms with Gasteiger partial charge in [0.05, 0.1) is 17.7 Å². The van der Waals surface area contributed by atoms with Gasteiger partial charge < -0.3 is 9.47 Å². The van der Waals surface area contributed by atoms with Gasteiger partial charge in [-0.2, -0.15) is 8.42 Å². The maximum atomic E-state index is 13.2. The molecule has 8 heteroatoms. The fourth-order valence-corrected chi connectivity index (χ4v) is 3.64. The molecule has 1 N–H and O–H groups in total. The van der Waals surface area contributed by atoms with Crippen LogP contribution in [0.4, 0.5) is 10.5 Å². The van der Waals surface area contributed by atoms with E-state index in [0.717, 1.165) is 5.56 Å². The van der Waals surface area contributed by atoms with Crippen molar-refractivity contribution < 1.29 is 22.7 Å². The molecule has 0 spiro atoms. The average molecular weight is 412 g/mol. The van der Waals surface area contributed by atoms with Crippen molar-refractivity contribution in [1.29, 1.82) is 0 Å². The largest absolute Gasteiger partial charge is 0.493 e. The fourth-order valence-electron chi connectivity index (χ4n) is 2.49. The lowest BCUT2D eigenvalue weighted by Gasteiger charge is -2.23. The Kier molecular flexibility index (Phi) is 6.04. The first kappa shape index (κ1) is 20.2. The van der Waals surface area contributed by atoms with Crippen molar-refractivity contribution in [2.45, 2.75) is 11.8 Å². The molecule has 0 aliphatic carbocycles. The first-order valence-electron chi connectivity index (χ1n) is 8.70. The molecule has 0 atom stereocenters. The van der Waals surface area contributed by atoms with Crippen LogP contribution in [0.25, 0.3) is 0 Å². The second-order valence-corrected chi connectivity index (χ2v) is 7.87. The van der Waals surface area contributed by atoms with Crippen LogP contribution < -0.4 is 14.9 Å². The normalized spacial score (nSPS) is 10.8. The number of benzene rings is 3. The molecule has 0 bridgehead atoms. The zero-order chi connectivity index (χ0) is 20.9. The van der Waals surface area contributed by atoms with Crippen molar-refractivity contribution in [1.82, 2.24) is 4.41 Å². The van der Waals surface area contributed by atoms with Crippen LogP contribution in [0.3, 0.4) is 0 Å². The predicted octanol–water partition coefficient (Wildman–Crippen LogP) is 4.22. The number of aryl methyl sites for hydroxylation is 1. The van der Waals surface area contributed by atoms with Gasteiger partial charge in [0.1, 0.15) is 0 Å². The summed E-state index contributed by atoms with van der Waals surface area (Å²) in [7, 11) is -2.82. The van der Waals surface area contributed by atoms with Crippen LogP contribution in [-0.4, -0.2) is 26.0 Å². The zero-order valence-electron chi connectivity index (χ0n) is 15.9. The molecular formula is C21H20N2O5S. The SMILES string of the molecule is COc1ccccc1OC(=O)N(Nc1ccccc1)S(=O)(=O)c1ccc(C)cc1. The molecule has 3 aromatic rings. The van der Waals surface area contributed by atoms with Gasteiger partial charge >= 0.3 is 6.09 Å². The number of para-hydroxylation sites is 3. The smallest absolute Gasteiger partial charge is 0.449 e. The number of hydrogen-bond donors (Lipinski definition) is 1. The van der Waals surface area contributed by atoms with Crippen molar-refractivity contribution in [3.63, 3.8) is 0 Å². The van der Waals surface area contributed by atoms with Crippen LogP contribution in [0.5, 0.6) is 11.5 Å². The highest BCUT2D eigenvalue weighted by Gasteiger charge is 2.32. The van der Waals surface area contributed by atoms with Gasteiger partial charge in [-0.3, -0.25) is 5.43 Å². The van der Waals surface area contributed by atoms with Crippen molar-refractivity contribution in [3.8, 4) is 11.5 Å². The van der Waals surface area contributed by atoms with E-state index in [1.807, 2.05) is 6.92 Å². The van der Waals surface area contributed by atoms with Gasteiger partial charge in [0.15, 0.2) is 11.5 Å². The Bertz CT molecular complexity index is 1080. The molecule has 0 aliphatic rings. The Balaban J connectivity index is 1.98. The highest BCUT2D eigenvalue weighted by Crippen LogP contribution is 2.27. The van der Waals surface area contributed by atoms with Crippen LogP contribution in [0.15, 0.2) is 83.8 Å². The maximum Gasteiger partial charge on any atom is 0.449 e. The van der Waals surface area contributed by atoms with E-state index in [0.29, 0.717) is 15.9 Å². The van der Waals surface area contributed by atoms with E-state index in [1.54, 1.807) is 60.7 Å².